The number of hydrogen-bond acceptors (Lipinski definition) is 4. The van der Waals surface area contributed by atoms with Crippen LogP contribution >= 0.6 is 0 Å². The molecule has 0 unspecified atom stereocenters. The van der Waals surface area contributed by atoms with Crippen LogP contribution in [0.25, 0.3) is 28.5 Å². The minimum absolute atomic E-state index is 0.110. The van der Waals surface area contributed by atoms with Gasteiger partial charge in [-0.15, -0.1) is 0 Å². The summed E-state index contributed by atoms with van der Waals surface area (Å²) in [5.74, 6) is 0.763. The van der Waals surface area contributed by atoms with Crippen LogP contribution in [0.15, 0.2) is 94.0 Å². The molecule has 5 nitrogen and oxygen atoms in total. The maximum Gasteiger partial charge on any atom is 0.250 e. The van der Waals surface area contributed by atoms with Crippen LogP contribution in [0.1, 0.15) is 11.3 Å². The lowest BCUT2D eigenvalue weighted by Crippen LogP contribution is -2.08. The maximum absolute atomic E-state index is 12.4. The summed E-state index contributed by atoms with van der Waals surface area (Å²) >= 11 is 0. The van der Waals surface area contributed by atoms with E-state index in [0.29, 0.717) is 17.1 Å². The number of nitrogens with one attached hydrogen (secondary N) is 1. The van der Waals surface area contributed by atoms with Crippen molar-refractivity contribution in [3.05, 3.63) is 96.5 Å². The van der Waals surface area contributed by atoms with Gasteiger partial charge in [-0.1, -0.05) is 60.7 Å². The summed E-state index contributed by atoms with van der Waals surface area (Å²) in [5.41, 5.74) is 2.56. The molecule has 0 atom stereocenters. The van der Waals surface area contributed by atoms with Crippen LogP contribution < -0.4 is 5.32 Å². The zero-order valence-corrected chi connectivity index (χ0v) is 15.3. The van der Waals surface area contributed by atoms with Gasteiger partial charge in [0.1, 0.15) is 23.2 Å². The van der Waals surface area contributed by atoms with E-state index < -0.39 is 5.91 Å². The highest BCUT2D eigenvalue weighted by Gasteiger charge is 2.23. The van der Waals surface area contributed by atoms with Gasteiger partial charge >= 0.3 is 0 Å². The molecule has 2 aromatic heterocycles. The minimum Gasteiger partial charge on any atom is -0.465 e. The summed E-state index contributed by atoms with van der Waals surface area (Å²) in [6.45, 7) is 0. The number of carbonyl (C=O) groups is 1. The van der Waals surface area contributed by atoms with Crippen LogP contribution in [0.3, 0.4) is 0 Å². The number of nitriles is 1. The molecule has 0 radical (unpaired) electrons. The Labute approximate surface area is 167 Å². The molecular formula is C24H16N2O3. The van der Waals surface area contributed by atoms with E-state index in [-0.39, 0.29) is 11.4 Å². The van der Waals surface area contributed by atoms with Crippen molar-refractivity contribution in [2.75, 3.05) is 5.32 Å². The number of benzene rings is 2. The zero-order valence-electron chi connectivity index (χ0n) is 15.3. The van der Waals surface area contributed by atoms with Crippen LogP contribution in [0, 0.1) is 11.3 Å². The largest absolute Gasteiger partial charge is 0.465 e. The first kappa shape index (κ1) is 18.1. The zero-order chi connectivity index (χ0) is 20.1. The Balaban J connectivity index is 1.76. The van der Waals surface area contributed by atoms with Crippen molar-refractivity contribution < 1.29 is 13.6 Å². The smallest absolute Gasteiger partial charge is 0.250 e. The second-order valence-electron chi connectivity index (χ2n) is 6.19. The van der Waals surface area contributed by atoms with Gasteiger partial charge in [0.2, 0.25) is 5.88 Å². The number of nitrogens with zero attached hydrogens (tertiary/aromatic N) is 1. The van der Waals surface area contributed by atoms with Gasteiger partial charge in [0.15, 0.2) is 0 Å². The second kappa shape index (κ2) is 8.15. The summed E-state index contributed by atoms with van der Waals surface area (Å²) in [6.07, 6.45) is 4.39. The average Bonchev–Trinajstić information content (AvgIpc) is 3.41. The quantitative estimate of drug-likeness (QED) is 0.448. The van der Waals surface area contributed by atoms with Crippen molar-refractivity contribution in [3.8, 4) is 28.5 Å². The molecule has 0 spiro atoms. The van der Waals surface area contributed by atoms with E-state index in [0.717, 1.165) is 11.1 Å². The molecule has 2 aromatic carbocycles. The molecule has 0 saturated heterocycles. The molecule has 0 saturated carbocycles. The van der Waals surface area contributed by atoms with Crippen LogP contribution in [-0.4, -0.2) is 5.91 Å². The highest BCUT2D eigenvalue weighted by atomic mass is 16.4. The first-order valence-corrected chi connectivity index (χ1v) is 8.96. The van der Waals surface area contributed by atoms with Crippen molar-refractivity contribution in [1.82, 2.24) is 0 Å². The monoisotopic (exact) mass is 380 g/mol. The summed E-state index contributed by atoms with van der Waals surface area (Å²) < 4.78 is 11.1. The Bertz CT molecular complexity index is 1180. The Morgan fingerprint density at radius 1 is 0.931 bits per heavy atom. The molecule has 0 bridgehead atoms. The first-order valence-electron chi connectivity index (χ1n) is 8.96. The van der Waals surface area contributed by atoms with Crippen molar-refractivity contribution in [3.63, 3.8) is 0 Å². The second-order valence-corrected chi connectivity index (χ2v) is 6.19. The summed E-state index contributed by atoms with van der Waals surface area (Å²) in [4.78, 5) is 12.4. The lowest BCUT2D eigenvalue weighted by atomic mass is 9.98. The highest BCUT2D eigenvalue weighted by Crippen LogP contribution is 2.41. The van der Waals surface area contributed by atoms with E-state index in [9.17, 15) is 10.1 Å². The average molecular weight is 380 g/mol. The van der Waals surface area contributed by atoms with Crippen LogP contribution in [0.4, 0.5) is 5.88 Å². The van der Waals surface area contributed by atoms with E-state index in [1.807, 2.05) is 60.7 Å². The Morgan fingerprint density at radius 3 is 2.24 bits per heavy atom. The minimum atomic E-state index is -0.425. The van der Waals surface area contributed by atoms with Gasteiger partial charge in [-0.25, -0.2) is 0 Å². The Kier molecular flexibility index (Phi) is 5.08. The number of furan rings is 2. The SMILES string of the molecule is N#Cc1c(NC(=O)/C=C/c2ccco2)oc(-c2ccccc2)c1-c1ccccc1. The standard InChI is InChI=1S/C24H16N2O3/c25-16-20-22(17-8-3-1-4-9-17)23(18-10-5-2-6-11-18)29-24(20)26-21(27)14-13-19-12-7-15-28-19/h1-15H,(H,26,27)/b14-13+. The lowest BCUT2D eigenvalue weighted by molar-refractivity contribution is -0.111. The van der Waals surface area contributed by atoms with E-state index in [1.54, 1.807) is 18.2 Å². The Hall–Kier alpha value is -4.30. The predicted molar refractivity (Wildman–Crippen MR) is 111 cm³/mol. The predicted octanol–water partition coefficient (Wildman–Crippen LogP) is 5.73. The van der Waals surface area contributed by atoms with Crippen molar-refractivity contribution in [1.29, 1.82) is 5.26 Å². The third-order valence-electron chi connectivity index (χ3n) is 4.30. The van der Waals surface area contributed by atoms with Gasteiger partial charge in [-0.3, -0.25) is 10.1 Å². The Morgan fingerprint density at radius 2 is 1.62 bits per heavy atom. The lowest BCUT2D eigenvalue weighted by Gasteiger charge is -2.03. The molecule has 29 heavy (non-hydrogen) atoms. The van der Waals surface area contributed by atoms with Crippen LogP contribution in [0.5, 0.6) is 0 Å². The normalized spacial score (nSPS) is 10.7. The van der Waals surface area contributed by atoms with Gasteiger partial charge in [-0.2, -0.15) is 5.26 Å². The van der Waals surface area contributed by atoms with E-state index in [1.165, 1.54) is 12.3 Å². The number of carbonyl (C=O) groups excluding carboxylic acids is 1. The molecule has 0 aliphatic heterocycles. The molecule has 140 valence electrons. The molecule has 5 heteroatoms. The summed E-state index contributed by atoms with van der Waals surface area (Å²) in [5, 5.41) is 12.5. The first-order chi connectivity index (χ1) is 14.3. The van der Waals surface area contributed by atoms with Gasteiger partial charge < -0.3 is 8.83 Å². The van der Waals surface area contributed by atoms with Crippen molar-refractivity contribution in [2.24, 2.45) is 0 Å². The fourth-order valence-electron chi connectivity index (χ4n) is 3.00. The van der Waals surface area contributed by atoms with E-state index in [2.05, 4.69) is 11.4 Å². The fourth-order valence-corrected chi connectivity index (χ4v) is 3.00. The van der Waals surface area contributed by atoms with Gasteiger partial charge in [0.25, 0.3) is 5.91 Å². The van der Waals surface area contributed by atoms with Gasteiger partial charge in [0.05, 0.1) is 6.26 Å². The summed E-state index contributed by atoms with van der Waals surface area (Å²) in [7, 11) is 0. The van der Waals surface area contributed by atoms with E-state index in [4.69, 9.17) is 8.83 Å². The molecule has 0 aliphatic carbocycles. The molecule has 1 N–H and O–H groups in total. The number of hydrogen-bond donors (Lipinski definition) is 1. The van der Waals surface area contributed by atoms with Crippen LogP contribution in [0.2, 0.25) is 0 Å². The van der Waals surface area contributed by atoms with Crippen molar-refractivity contribution >= 4 is 17.9 Å². The van der Waals surface area contributed by atoms with Crippen LogP contribution in [-0.2, 0) is 4.79 Å². The molecule has 4 rings (SSSR count). The third kappa shape index (κ3) is 3.87. The molecule has 0 aliphatic rings. The topological polar surface area (TPSA) is 79.2 Å². The molecule has 0 fully saturated rings. The maximum atomic E-state index is 12.4. The van der Waals surface area contributed by atoms with Gasteiger partial charge in [-0.05, 0) is 23.8 Å². The van der Waals surface area contributed by atoms with Crippen molar-refractivity contribution in [2.45, 2.75) is 0 Å². The molecule has 2 heterocycles. The molecule has 1 amide bonds. The van der Waals surface area contributed by atoms with Gasteiger partial charge in [0, 0.05) is 17.2 Å². The number of amides is 1. The fraction of sp³-hybridized carbons (Fsp3) is 0. The van der Waals surface area contributed by atoms with E-state index >= 15 is 0 Å². The number of rotatable bonds is 5. The highest BCUT2D eigenvalue weighted by molar-refractivity contribution is 6.03. The molecule has 4 aromatic rings. The third-order valence-corrected chi connectivity index (χ3v) is 4.30. The number of anilines is 1. The molecular weight excluding hydrogens is 364 g/mol. The summed E-state index contributed by atoms with van der Waals surface area (Å²) in [6, 6.07) is 24.6.